The first-order valence-electron chi connectivity index (χ1n) is 3.93. The summed E-state index contributed by atoms with van der Waals surface area (Å²) in [4.78, 5) is 25.6. The number of amides is 1. The van der Waals surface area contributed by atoms with Gasteiger partial charge in [-0.05, 0) is 12.1 Å². The monoisotopic (exact) mass is 191 g/mol. The van der Waals surface area contributed by atoms with Crippen molar-refractivity contribution in [1.82, 2.24) is 4.98 Å². The molecular formula is C9H9N3O2. The first-order chi connectivity index (χ1) is 6.61. The number of hydrogen-bond donors (Lipinski definition) is 2. The molecule has 0 unspecified atom stereocenters. The Balaban J connectivity index is 2.67. The molecule has 0 radical (unpaired) electrons. The summed E-state index contributed by atoms with van der Waals surface area (Å²) in [5.41, 5.74) is -0.573. The molecule has 1 heterocycles. The predicted molar refractivity (Wildman–Crippen MR) is 51.3 cm³/mol. The molecule has 1 amide bonds. The van der Waals surface area contributed by atoms with Gasteiger partial charge in [0.25, 0.3) is 5.91 Å². The topological polar surface area (TPSA) is 82.9 Å². The first-order valence-corrected chi connectivity index (χ1v) is 3.93. The van der Waals surface area contributed by atoms with Crippen LogP contribution in [0.4, 0.5) is 5.82 Å². The number of Topliss-reactive ketones (excluding diaryl/α,β-unsaturated/α-hetero) is 1. The van der Waals surface area contributed by atoms with E-state index in [0.717, 1.165) is 0 Å². The van der Waals surface area contributed by atoms with E-state index in [-0.39, 0.29) is 0 Å². The zero-order valence-electron chi connectivity index (χ0n) is 7.57. The lowest BCUT2D eigenvalue weighted by Gasteiger charge is -2.01. The van der Waals surface area contributed by atoms with E-state index < -0.39 is 17.4 Å². The van der Waals surface area contributed by atoms with Crippen LogP contribution in [-0.2, 0) is 9.59 Å². The number of carbonyl (C=O) groups excluding carboxylic acids is 2. The molecule has 0 aliphatic carbocycles. The summed E-state index contributed by atoms with van der Waals surface area (Å²) >= 11 is 0. The number of pyridine rings is 1. The standard InChI is InChI=1S/C9H9N3O2/c1-6(13)8(10)9(14)12-7-4-2-3-5-11-7/h2-5,10H,1H3,(H,11,12,14). The van der Waals surface area contributed by atoms with E-state index in [1.807, 2.05) is 0 Å². The Morgan fingerprint density at radius 1 is 1.43 bits per heavy atom. The third kappa shape index (κ3) is 2.48. The summed E-state index contributed by atoms with van der Waals surface area (Å²) in [6.07, 6.45) is 1.51. The largest absolute Gasteiger partial charge is 0.305 e. The third-order valence-corrected chi connectivity index (χ3v) is 1.49. The van der Waals surface area contributed by atoms with Crippen LogP contribution in [0, 0.1) is 5.41 Å². The highest BCUT2D eigenvalue weighted by molar-refractivity contribution is 6.66. The van der Waals surface area contributed by atoms with E-state index in [1.54, 1.807) is 18.2 Å². The molecule has 0 atom stereocenters. The number of carbonyl (C=O) groups is 2. The summed E-state index contributed by atoms with van der Waals surface area (Å²) < 4.78 is 0. The number of nitrogens with zero attached hydrogens (tertiary/aromatic N) is 1. The third-order valence-electron chi connectivity index (χ3n) is 1.49. The van der Waals surface area contributed by atoms with Crippen molar-refractivity contribution in [2.75, 3.05) is 5.32 Å². The zero-order chi connectivity index (χ0) is 10.6. The summed E-state index contributed by atoms with van der Waals surface area (Å²) in [6, 6.07) is 4.97. The SMILES string of the molecule is CC(=O)C(=N)C(=O)Nc1ccccn1. The molecule has 0 spiro atoms. The minimum Gasteiger partial charge on any atom is -0.305 e. The van der Waals surface area contributed by atoms with Crippen LogP contribution in [0.1, 0.15) is 6.92 Å². The number of hydrogen-bond acceptors (Lipinski definition) is 4. The summed E-state index contributed by atoms with van der Waals surface area (Å²) in [5.74, 6) is -0.988. The fourth-order valence-corrected chi connectivity index (χ4v) is 0.775. The van der Waals surface area contributed by atoms with Crippen LogP contribution in [0.2, 0.25) is 0 Å². The highest BCUT2D eigenvalue weighted by Gasteiger charge is 2.13. The van der Waals surface area contributed by atoms with Crippen LogP contribution in [0.5, 0.6) is 0 Å². The second-order valence-electron chi connectivity index (χ2n) is 2.60. The van der Waals surface area contributed by atoms with Crippen LogP contribution >= 0.6 is 0 Å². The Bertz CT molecular complexity index is 373. The molecule has 1 aromatic rings. The van der Waals surface area contributed by atoms with Crippen molar-refractivity contribution in [2.24, 2.45) is 0 Å². The molecule has 0 fully saturated rings. The predicted octanol–water partition coefficient (Wildman–Crippen LogP) is 0.629. The van der Waals surface area contributed by atoms with E-state index in [4.69, 9.17) is 5.41 Å². The van der Waals surface area contributed by atoms with Gasteiger partial charge in [-0.3, -0.25) is 15.0 Å². The lowest BCUT2D eigenvalue weighted by molar-refractivity contribution is -0.114. The van der Waals surface area contributed by atoms with Gasteiger partial charge in [-0.25, -0.2) is 4.98 Å². The summed E-state index contributed by atoms with van der Waals surface area (Å²) in [6.45, 7) is 1.17. The molecule has 0 aromatic carbocycles. The van der Waals surface area contributed by atoms with Crippen LogP contribution in [0.25, 0.3) is 0 Å². The van der Waals surface area contributed by atoms with Crippen LogP contribution in [-0.4, -0.2) is 22.4 Å². The Morgan fingerprint density at radius 3 is 2.64 bits per heavy atom. The van der Waals surface area contributed by atoms with Crippen molar-refractivity contribution in [1.29, 1.82) is 5.41 Å². The molecule has 0 saturated carbocycles. The molecule has 0 aliphatic heterocycles. The van der Waals surface area contributed by atoms with E-state index in [0.29, 0.717) is 5.82 Å². The fourth-order valence-electron chi connectivity index (χ4n) is 0.775. The average Bonchev–Trinajstić information content (AvgIpc) is 2.18. The lowest BCUT2D eigenvalue weighted by Crippen LogP contribution is -2.27. The minimum absolute atomic E-state index is 0.323. The average molecular weight is 191 g/mol. The van der Waals surface area contributed by atoms with Gasteiger partial charge in [-0.1, -0.05) is 6.07 Å². The van der Waals surface area contributed by atoms with E-state index in [9.17, 15) is 9.59 Å². The van der Waals surface area contributed by atoms with E-state index >= 15 is 0 Å². The van der Waals surface area contributed by atoms with Gasteiger partial charge in [0.15, 0.2) is 11.5 Å². The number of ketones is 1. The van der Waals surface area contributed by atoms with Crippen LogP contribution in [0.3, 0.4) is 0 Å². The molecular weight excluding hydrogens is 182 g/mol. The molecule has 0 bridgehead atoms. The van der Waals surface area contributed by atoms with Crippen LogP contribution in [0.15, 0.2) is 24.4 Å². The van der Waals surface area contributed by atoms with Gasteiger partial charge in [0, 0.05) is 13.1 Å². The Hall–Kier alpha value is -2.04. The lowest BCUT2D eigenvalue weighted by atomic mass is 10.2. The highest BCUT2D eigenvalue weighted by Crippen LogP contribution is 1.99. The maximum atomic E-state index is 11.2. The van der Waals surface area contributed by atoms with Crippen molar-refractivity contribution in [3.63, 3.8) is 0 Å². The second kappa shape index (κ2) is 4.27. The van der Waals surface area contributed by atoms with Crippen molar-refractivity contribution in [3.05, 3.63) is 24.4 Å². The highest BCUT2D eigenvalue weighted by atomic mass is 16.2. The normalized spacial score (nSPS) is 9.21. The van der Waals surface area contributed by atoms with Gasteiger partial charge in [0.1, 0.15) is 5.82 Å². The zero-order valence-corrected chi connectivity index (χ0v) is 7.57. The van der Waals surface area contributed by atoms with Crippen LogP contribution < -0.4 is 5.32 Å². The second-order valence-corrected chi connectivity index (χ2v) is 2.60. The fraction of sp³-hybridized carbons (Fsp3) is 0.111. The van der Waals surface area contributed by atoms with E-state index in [1.165, 1.54) is 13.1 Å². The molecule has 5 nitrogen and oxygen atoms in total. The molecule has 1 rings (SSSR count). The van der Waals surface area contributed by atoms with Crippen molar-refractivity contribution >= 4 is 23.2 Å². The molecule has 2 N–H and O–H groups in total. The smallest absolute Gasteiger partial charge is 0.278 e. The number of aromatic nitrogens is 1. The Morgan fingerprint density at radius 2 is 2.14 bits per heavy atom. The summed E-state index contributed by atoms with van der Waals surface area (Å²) in [5, 5.41) is 9.44. The quantitative estimate of drug-likeness (QED) is 0.543. The maximum absolute atomic E-state index is 11.2. The van der Waals surface area contributed by atoms with E-state index in [2.05, 4.69) is 10.3 Å². The number of rotatable bonds is 3. The molecule has 5 heteroatoms. The van der Waals surface area contributed by atoms with Gasteiger partial charge >= 0.3 is 0 Å². The number of nitrogens with one attached hydrogen (secondary N) is 2. The molecule has 0 aliphatic rings. The Kier molecular flexibility index (Phi) is 3.06. The molecule has 0 saturated heterocycles. The van der Waals surface area contributed by atoms with Gasteiger partial charge in [-0.15, -0.1) is 0 Å². The van der Waals surface area contributed by atoms with Gasteiger partial charge < -0.3 is 5.32 Å². The van der Waals surface area contributed by atoms with Gasteiger partial charge in [0.05, 0.1) is 0 Å². The first kappa shape index (κ1) is 10.0. The van der Waals surface area contributed by atoms with Crippen molar-refractivity contribution in [3.8, 4) is 0 Å². The Labute approximate surface area is 80.7 Å². The maximum Gasteiger partial charge on any atom is 0.278 e. The molecule has 1 aromatic heterocycles. The van der Waals surface area contributed by atoms with Gasteiger partial charge in [0.2, 0.25) is 0 Å². The molecule has 72 valence electrons. The minimum atomic E-state index is -0.740. The van der Waals surface area contributed by atoms with Crippen molar-refractivity contribution in [2.45, 2.75) is 6.92 Å². The summed E-state index contributed by atoms with van der Waals surface area (Å²) in [7, 11) is 0. The van der Waals surface area contributed by atoms with Gasteiger partial charge in [-0.2, -0.15) is 0 Å². The van der Waals surface area contributed by atoms with Crippen molar-refractivity contribution < 1.29 is 9.59 Å². The number of anilines is 1. The molecule has 14 heavy (non-hydrogen) atoms.